The van der Waals surface area contributed by atoms with Crippen LogP contribution in [0.4, 0.5) is 0 Å². The molecule has 0 aliphatic carbocycles. The maximum Gasteiger partial charge on any atom is 0.167 e. The van der Waals surface area contributed by atoms with Crippen molar-refractivity contribution in [2.24, 2.45) is 0 Å². The zero-order chi connectivity index (χ0) is 37.0. The molecule has 0 aliphatic heterocycles. The highest BCUT2D eigenvalue weighted by atomic mass is 32.1. The van der Waals surface area contributed by atoms with Crippen molar-refractivity contribution in [1.82, 2.24) is 15.0 Å². The first-order chi connectivity index (χ1) is 27.8. The highest BCUT2D eigenvalue weighted by molar-refractivity contribution is 7.27. The number of furan rings is 1. The van der Waals surface area contributed by atoms with E-state index in [1.165, 1.54) is 37.0 Å². The molecule has 0 unspecified atom stereocenters. The average Bonchev–Trinajstić information content (AvgIpc) is 3.86. The Morgan fingerprint density at radius 3 is 1.61 bits per heavy atom. The molecule has 0 atom stereocenters. The third-order valence-corrected chi connectivity index (χ3v) is 11.8. The van der Waals surface area contributed by atoms with E-state index in [1.807, 2.05) is 53.8 Å². The van der Waals surface area contributed by atoms with Gasteiger partial charge in [0, 0.05) is 47.6 Å². The second-order valence-corrected chi connectivity index (χ2v) is 14.9. The van der Waals surface area contributed by atoms with Crippen LogP contribution in [-0.2, 0) is 0 Å². The van der Waals surface area contributed by atoms with Crippen LogP contribution >= 0.6 is 11.3 Å². The van der Waals surface area contributed by atoms with Gasteiger partial charge in [0.1, 0.15) is 11.2 Å². The van der Waals surface area contributed by atoms with Crippen LogP contribution in [0.15, 0.2) is 192 Å². The summed E-state index contributed by atoms with van der Waals surface area (Å²) in [4.78, 5) is 15.8. The van der Waals surface area contributed by atoms with Crippen molar-refractivity contribution in [3.63, 3.8) is 0 Å². The van der Waals surface area contributed by atoms with E-state index >= 15 is 0 Å². The van der Waals surface area contributed by atoms with Crippen molar-refractivity contribution in [1.29, 1.82) is 0 Å². The van der Waals surface area contributed by atoms with Gasteiger partial charge in [-0.25, -0.2) is 15.0 Å². The molecule has 0 aliphatic rings. The largest absolute Gasteiger partial charge is 0.455 e. The lowest BCUT2D eigenvalue weighted by molar-refractivity contribution is 0.669. The first-order valence-corrected chi connectivity index (χ1v) is 19.5. The summed E-state index contributed by atoms with van der Waals surface area (Å²) in [5.74, 6) is 1.78. The number of fused-ring (bicyclic) bond motifs is 6. The number of rotatable bonds is 6. The zero-order valence-corrected chi connectivity index (χ0v) is 30.9. The van der Waals surface area contributed by atoms with Gasteiger partial charge in [0.05, 0.1) is 5.56 Å². The highest BCUT2D eigenvalue weighted by Crippen LogP contribution is 2.49. The monoisotopic (exact) mass is 733 g/mol. The fourth-order valence-corrected chi connectivity index (χ4v) is 9.28. The summed E-state index contributed by atoms with van der Waals surface area (Å²) in [7, 11) is 0. The van der Waals surface area contributed by atoms with Gasteiger partial charge in [0.2, 0.25) is 0 Å². The first kappa shape index (κ1) is 32.2. The maximum atomic E-state index is 6.52. The molecule has 0 saturated carbocycles. The van der Waals surface area contributed by atoms with Gasteiger partial charge < -0.3 is 4.42 Å². The molecular formula is C51H31N3OS. The number of aromatic nitrogens is 3. The highest BCUT2D eigenvalue weighted by Gasteiger charge is 2.23. The molecule has 5 heteroatoms. The standard InChI is InChI=1S/C51H31N3OS/c1-5-16-32(17-6-1)36-30-42(34-20-9-3-10-21-34)47-43(31-36)45-40(29-28-37(48(45)56-47)33-18-7-2-8-19-33)50-52-49(35-22-11-4-12-23-35)53-51(54-50)41-26-15-25-39-38-24-13-14-27-44(38)55-46(39)41/h1-31H. The summed E-state index contributed by atoms with van der Waals surface area (Å²) >= 11 is 1.84. The van der Waals surface area contributed by atoms with Crippen LogP contribution < -0.4 is 0 Å². The van der Waals surface area contributed by atoms with Crippen LogP contribution in [0, 0.1) is 0 Å². The quantitative estimate of drug-likeness (QED) is 0.171. The fourth-order valence-electron chi connectivity index (χ4n) is 7.90. The summed E-state index contributed by atoms with van der Waals surface area (Å²) in [6, 6.07) is 65.7. The Morgan fingerprint density at radius 1 is 0.339 bits per heavy atom. The molecule has 56 heavy (non-hydrogen) atoms. The lowest BCUT2D eigenvalue weighted by atomic mass is 9.93. The Hall–Kier alpha value is -7.21. The number of hydrogen-bond donors (Lipinski definition) is 0. The van der Waals surface area contributed by atoms with E-state index in [2.05, 4.69) is 146 Å². The van der Waals surface area contributed by atoms with E-state index in [9.17, 15) is 0 Å². The van der Waals surface area contributed by atoms with Crippen LogP contribution in [0.3, 0.4) is 0 Å². The minimum Gasteiger partial charge on any atom is -0.455 e. The van der Waals surface area contributed by atoms with Crippen LogP contribution in [-0.4, -0.2) is 15.0 Å². The molecule has 0 bridgehead atoms. The topological polar surface area (TPSA) is 51.8 Å². The lowest BCUT2D eigenvalue weighted by Crippen LogP contribution is -2.00. The van der Waals surface area contributed by atoms with Crippen LogP contribution in [0.25, 0.3) is 110 Å². The number of hydrogen-bond acceptors (Lipinski definition) is 5. The van der Waals surface area contributed by atoms with Gasteiger partial charge in [-0.15, -0.1) is 11.3 Å². The van der Waals surface area contributed by atoms with E-state index in [0.29, 0.717) is 17.5 Å². The fraction of sp³-hybridized carbons (Fsp3) is 0. The smallest absolute Gasteiger partial charge is 0.167 e. The molecule has 0 radical (unpaired) electrons. The molecule has 0 amide bonds. The third-order valence-electron chi connectivity index (χ3n) is 10.6. The predicted molar refractivity (Wildman–Crippen MR) is 233 cm³/mol. The van der Waals surface area contributed by atoms with Crippen molar-refractivity contribution in [3.8, 4) is 67.5 Å². The Morgan fingerprint density at radius 2 is 0.893 bits per heavy atom. The molecule has 0 N–H and O–H groups in total. The number of thiophene rings is 1. The van der Waals surface area contributed by atoms with E-state index in [-0.39, 0.29) is 0 Å². The van der Waals surface area contributed by atoms with Crippen molar-refractivity contribution in [3.05, 3.63) is 188 Å². The molecule has 262 valence electrons. The summed E-state index contributed by atoms with van der Waals surface area (Å²) in [5, 5.41) is 4.38. The molecule has 11 rings (SSSR count). The summed E-state index contributed by atoms with van der Waals surface area (Å²) in [6.45, 7) is 0. The SMILES string of the molecule is c1ccc(-c2cc(-c3ccccc3)c3sc4c(-c5ccccc5)ccc(-c5nc(-c6ccccc6)nc(-c6cccc7c6oc6ccccc67)n5)c4c3c2)cc1. The Bertz CT molecular complexity index is 3230. The van der Waals surface area contributed by atoms with Crippen LogP contribution in [0.2, 0.25) is 0 Å². The molecule has 0 spiro atoms. The molecule has 3 heterocycles. The van der Waals surface area contributed by atoms with E-state index in [0.717, 1.165) is 55.1 Å². The molecular weight excluding hydrogens is 703 g/mol. The summed E-state index contributed by atoms with van der Waals surface area (Å²) < 4.78 is 8.93. The lowest BCUT2D eigenvalue weighted by Gasteiger charge is -2.12. The van der Waals surface area contributed by atoms with Gasteiger partial charge in [-0.3, -0.25) is 0 Å². The Balaban J connectivity index is 1.25. The van der Waals surface area contributed by atoms with Gasteiger partial charge in [-0.2, -0.15) is 0 Å². The van der Waals surface area contributed by atoms with Crippen LogP contribution in [0.5, 0.6) is 0 Å². The zero-order valence-electron chi connectivity index (χ0n) is 30.1. The average molecular weight is 734 g/mol. The van der Waals surface area contributed by atoms with Crippen molar-refractivity contribution >= 4 is 53.4 Å². The van der Waals surface area contributed by atoms with Gasteiger partial charge in [0.15, 0.2) is 17.5 Å². The first-order valence-electron chi connectivity index (χ1n) is 18.7. The van der Waals surface area contributed by atoms with Crippen LogP contribution in [0.1, 0.15) is 0 Å². The number of nitrogens with zero attached hydrogens (tertiary/aromatic N) is 3. The van der Waals surface area contributed by atoms with Gasteiger partial charge in [-0.1, -0.05) is 158 Å². The molecule has 0 saturated heterocycles. The number of benzene rings is 8. The molecule has 3 aromatic heterocycles. The maximum absolute atomic E-state index is 6.52. The molecule has 8 aromatic carbocycles. The van der Waals surface area contributed by atoms with Gasteiger partial charge >= 0.3 is 0 Å². The Labute approximate surface area is 327 Å². The predicted octanol–water partition coefficient (Wildman–Crippen LogP) is 14.1. The summed E-state index contributed by atoms with van der Waals surface area (Å²) in [6.07, 6.45) is 0. The van der Waals surface area contributed by atoms with E-state index in [1.54, 1.807) is 0 Å². The normalized spacial score (nSPS) is 11.6. The minimum atomic E-state index is 0.563. The second kappa shape index (κ2) is 13.3. The van der Waals surface area contributed by atoms with Crippen molar-refractivity contribution < 1.29 is 4.42 Å². The second-order valence-electron chi connectivity index (χ2n) is 13.9. The third kappa shape index (κ3) is 5.40. The number of para-hydroxylation sites is 2. The van der Waals surface area contributed by atoms with E-state index < -0.39 is 0 Å². The molecule has 11 aromatic rings. The van der Waals surface area contributed by atoms with E-state index in [4.69, 9.17) is 19.4 Å². The van der Waals surface area contributed by atoms with Crippen molar-refractivity contribution in [2.75, 3.05) is 0 Å². The summed E-state index contributed by atoms with van der Waals surface area (Å²) in [5.41, 5.74) is 11.3. The Kier molecular flexibility index (Phi) is 7.64. The van der Waals surface area contributed by atoms with Crippen molar-refractivity contribution in [2.45, 2.75) is 0 Å². The van der Waals surface area contributed by atoms with Gasteiger partial charge in [0.25, 0.3) is 0 Å². The minimum absolute atomic E-state index is 0.563. The molecule has 4 nitrogen and oxygen atoms in total. The van der Waals surface area contributed by atoms with Gasteiger partial charge in [-0.05, 0) is 58.1 Å². The molecule has 0 fully saturated rings.